The summed E-state index contributed by atoms with van der Waals surface area (Å²) in [4.78, 5) is 0. The van der Waals surface area contributed by atoms with Crippen LogP contribution in [0.1, 0.15) is 30.1 Å². The van der Waals surface area contributed by atoms with Crippen LogP contribution in [0.3, 0.4) is 0 Å². The SMILES string of the molecule is COc1cc2c(cc1OC)C(CCCl)OCCC2. The van der Waals surface area contributed by atoms with Crippen LogP contribution in [0, 0.1) is 0 Å². The molecule has 4 heteroatoms. The number of rotatable bonds is 4. The van der Waals surface area contributed by atoms with E-state index in [1.807, 2.05) is 6.07 Å². The molecule has 18 heavy (non-hydrogen) atoms. The van der Waals surface area contributed by atoms with Crippen molar-refractivity contribution in [1.29, 1.82) is 0 Å². The van der Waals surface area contributed by atoms with Gasteiger partial charge in [-0.05, 0) is 42.5 Å². The van der Waals surface area contributed by atoms with Crippen LogP contribution in [0.25, 0.3) is 0 Å². The number of hydrogen-bond donors (Lipinski definition) is 0. The molecule has 0 spiro atoms. The molecule has 0 aromatic heterocycles. The molecule has 0 radical (unpaired) electrons. The van der Waals surface area contributed by atoms with E-state index < -0.39 is 0 Å². The molecule has 0 amide bonds. The summed E-state index contributed by atoms with van der Waals surface area (Å²) >= 11 is 5.85. The molecule has 1 aliphatic heterocycles. The van der Waals surface area contributed by atoms with Gasteiger partial charge in [0.2, 0.25) is 0 Å². The molecule has 1 atom stereocenters. The minimum absolute atomic E-state index is 0.0693. The molecule has 2 rings (SSSR count). The van der Waals surface area contributed by atoms with Gasteiger partial charge in [0.1, 0.15) is 0 Å². The summed E-state index contributed by atoms with van der Waals surface area (Å²) in [7, 11) is 3.31. The molecular formula is C14H19ClO3. The summed E-state index contributed by atoms with van der Waals surface area (Å²) in [5.41, 5.74) is 2.46. The lowest BCUT2D eigenvalue weighted by Gasteiger charge is -2.19. The highest BCUT2D eigenvalue weighted by Gasteiger charge is 2.21. The van der Waals surface area contributed by atoms with Gasteiger partial charge in [-0.25, -0.2) is 0 Å². The Balaban J connectivity index is 2.42. The topological polar surface area (TPSA) is 27.7 Å². The molecule has 0 N–H and O–H groups in total. The van der Waals surface area contributed by atoms with Gasteiger partial charge in [-0.15, -0.1) is 11.6 Å². The molecule has 1 aromatic rings. The van der Waals surface area contributed by atoms with Gasteiger partial charge >= 0.3 is 0 Å². The quantitative estimate of drug-likeness (QED) is 0.786. The molecule has 1 aromatic carbocycles. The third-order valence-corrected chi connectivity index (χ3v) is 3.49. The zero-order valence-corrected chi connectivity index (χ0v) is 11.6. The predicted octanol–water partition coefficient (Wildman–Crippen LogP) is 3.34. The standard InChI is InChI=1S/C14H19ClO3/c1-16-13-8-10-4-3-7-18-12(5-6-15)11(10)9-14(13)17-2/h8-9,12H,3-7H2,1-2H3. The van der Waals surface area contributed by atoms with E-state index >= 15 is 0 Å². The van der Waals surface area contributed by atoms with Crippen LogP contribution in [0.5, 0.6) is 11.5 Å². The Labute approximate surface area is 113 Å². The van der Waals surface area contributed by atoms with Crippen molar-refractivity contribution in [3.05, 3.63) is 23.3 Å². The Morgan fingerprint density at radius 3 is 2.67 bits per heavy atom. The van der Waals surface area contributed by atoms with E-state index in [-0.39, 0.29) is 6.10 Å². The van der Waals surface area contributed by atoms with Crippen molar-refractivity contribution < 1.29 is 14.2 Å². The highest BCUT2D eigenvalue weighted by atomic mass is 35.5. The Morgan fingerprint density at radius 1 is 1.28 bits per heavy atom. The molecule has 0 saturated heterocycles. The summed E-state index contributed by atoms with van der Waals surface area (Å²) < 4.78 is 16.6. The third-order valence-electron chi connectivity index (χ3n) is 3.27. The Bertz CT molecular complexity index is 406. The van der Waals surface area contributed by atoms with Crippen molar-refractivity contribution in [3.63, 3.8) is 0 Å². The molecule has 1 heterocycles. The van der Waals surface area contributed by atoms with Crippen LogP contribution in [0.15, 0.2) is 12.1 Å². The van der Waals surface area contributed by atoms with Crippen molar-refractivity contribution in [3.8, 4) is 11.5 Å². The largest absolute Gasteiger partial charge is 0.493 e. The lowest BCUT2D eigenvalue weighted by atomic mass is 9.97. The molecule has 0 aliphatic carbocycles. The van der Waals surface area contributed by atoms with Crippen LogP contribution < -0.4 is 9.47 Å². The fourth-order valence-electron chi connectivity index (χ4n) is 2.37. The second-order valence-electron chi connectivity index (χ2n) is 4.35. The van der Waals surface area contributed by atoms with Gasteiger partial charge in [-0.2, -0.15) is 0 Å². The lowest BCUT2D eigenvalue weighted by molar-refractivity contribution is 0.0544. The first-order valence-corrected chi connectivity index (χ1v) is 6.76. The summed E-state index contributed by atoms with van der Waals surface area (Å²) in [6, 6.07) is 4.08. The van der Waals surface area contributed by atoms with Gasteiger partial charge in [0.15, 0.2) is 11.5 Å². The number of methoxy groups -OCH3 is 2. The van der Waals surface area contributed by atoms with Crippen molar-refractivity contribution in [2.45, 2.75) is 25.4 Å². The van der Waals surface area contributed by atoms with Crippen LogP contribution >= 0.6 is 11.6 Å². The average molecular weight is 271 g/mol. The highest BCUT2D eigenvalue weighted by Crippen LogP contribution is 2.37. The molecule has 0 fully saturated rings. The van der Waals surface area contributed by atoms with Crippen molar-refractivity contribution in [2.75, 3.05) is 26.7 Å². The molecule has 0 saturated carbocycles. The summed E-state index contributed by atoms with van der Waals surface area (Å²) in [6.45, 7) is 0.779. The fourth-order valence-corrected chi connectivity index (χ4v) is 2.57. The van der Waals surface area contributed by atoms with Gasteiger partial charge in [0, 0.05) is 12.5 Å². The van der Waals surface area contributed by atoms with Crippen LogP contribution in [-0.4, -0.2) is 26.7 Å². The molecule has 3 nitrogen and oxygen atoms in total. The first kappa shape index (κ1) is 13.5. The lowest BCUT2D eigenvalue weighted by Crippen LogP contribution is -2.06. The van der Waals surface area contributed by atoms with E-state index in [9.17, 15) is 0 Å². The van der Waals surface area contributed by atoms with Crippen LogP contribution in [-0.2, 0) is 11.2 Å². The van der Waals surface area contributed by atoms with E-state index in [1.165, 1.54) is 11.1 Å². The van der Waals surface area contributed by atoms with E-state index in [0.717, 1.165) is 37.4 Å². The van der Waals surface area contributed by atoms with Gasteiger partial charge in [-0.3, -0.25) is 0 Å². The van der Waals surface area contributed by atoms with Gasteiger partial charge in [-0.1, -0.05) is 0 Å². The third kappa shape index (κ3) is 2.73. The number of halogens is 1. The molecule has 0 bridgehead atoms. The molecule has 100 valence electrons. The maximum absolute atomic E-state index is 5.86. The Hall–Kier alpha value is -0.930. The normalized spacial score (nSPS) is 18.9. The summed E-state index contributed by atoms with van der Waals surface area (Å²) in [6.07, 6.45) is 2.93. The fraction of sp³-hybridized carbons (Fsp3) is 0.571. The van der Waals surface area contributed by atoms with Crippen molar-refractivity contribution in [2.24, 2.45) is 0 Å². The van der Waals surface area contributed by atoms with Crippen molar-refractivity contribution >= 4 is 11.6 Å². The van der Waals surface area contributed by atoms with E-state index in [0.29, 0.717) is 5.88 Å². The monoisotopic (exact) mass is 270 g/mol. The first-order valence-electron chi connectivity index (χ1n) is 6.22. The average Bonchev–Trinajstić information content (AvgIpc) is 2.60. The van der Waals surface area contributed by atoms with Crippen LogP contribution in [0.4, 0.5) is 0 Å². The van der Waals surface area contributed by atoms with E-state index in [2.05, 4.69) is 6.07 Å². The van der Waals surface area contributed by atoms with Gasteiger partial charge in [0.05, 0.1) is 20.3 Å². The Morgan fingerprint density at radius 2 is 2.00 bits per heavy atom. The molecule has 1 aliphatic rings. The number of alkyl halides is 1. The number of hydrogen-bond acceptors (Lipinski definition) is 3. The second kappa shape index (κ2) is 6.30. The first-order chi connectivity index (χ1) is 8.80. The summed E-state index contributed by atoms with van der Waals surface area (Å²) in [5.74, 6) is 2.13. The highest BCUT2D eigenvalue weighted by molar-refractivity contribution is 6.17. The summed E-state index contributed by atoms with van der Waals surface area (Å²) in [5, 5.41) is 0. The van der Waals surface area contributed by atoms with E-state index in [1.54, 1.807) is 14.2 Å². The minimum atomic E-state index is 0.0693. The van der Waals surface area contributed by atoms with Crippen molar-refractivity contribution in [1.82, 2.24) is 0 Å². The number of aryl methyl sites for hydroxylation is 1. The zero-order valence-electron chi connectivity index (χ0n) is 10.9. The number of benzene rings is 1. The maximum Gasteiger partial charge on any atom is 0.161 e. The van der Waals surface area contributed by atoms with Crippen LogP contribution in [0.2, 0.25) is 0 Å². The number of ether oxygens (including phenoxy) is 3. The smallest absolute Gasteiger partial charge is 0.161 e. The maximum atomic E-state index is 5.86. The predicted molar refractivity (Wildman–Crippen MR) is 71.9 cm³/mol. The van der Waals surface area contributed by atoms with Gasteiger partial charge < -0.3 is 14.2 Å². The number of fused-ring (bicyclic) bond motifs is 1. The van der Waals surface area contributed by atoms with E-state index in [4.69, 9.17) is 25.8 Å². The zero-order chi connectivity index (χ0) is 13.0. The van der Waals surface area contributed by atoms with Gasteiger partial charge in [0.25, 0.3) is 0 Å². The second-order valence-corrected chi connectivity index (χ2v) is 4.72. The Kier molecular flexibility index (Phi) is 4.72. The molecule has 1 unspecified atom stereocenters. The minimum Gasteiger partial charge on any atom is -0.493 e. The molecular weight excluding hydrogens is 252 g/mol.